The van der Waals surface area contributed by atoms with Crippen LogP contribution in [0.3, 0.4) is 0 Å². The van der Waals surface area contributed by atoms with Crippen molar-refractivity contribution in [3.8, 4) is 5.75 Å². The molecule has 0 saturated carbocycles. The summed E-state index contributed by atoms with van der Waals surface area (Å²) in [5.74, 6) is -0.232. The Bertz CT molecular complexity index is 485. The highest BCUT2D eigenvalue weighted by molar-refractivity contribution is 5.83. The molecular formula is C15H21NO4. The van der Waals surface area contributed by atoms with E-state index in [2.05, 4.69) is 5.32 Å². The van der Waals surface area contributed by atoms with E-state index in [1.165, 1.54) is 6.92 Å². The Morgan fingerprint density at radius 1 is 1.30 bits per heavy atom. The lowest BCUT2D eigenvalue weighted by Crippen LogP contribution is -2.36. The molecule has 1 aromatic carbocycles. The van der Waals surface area contributed by atoms with E-state index in [0.717, 1.165) is 11.1 Å². The molecule has 0 spiro atoms. The second-order valence-corrected chi connectivity index (χ2v) is 4.51. The number of carbonyl (C=O) groups is 2. The van der Waals surface area contributed by atoms with Gasteiger partial charge in [-0.2, -0.15) is 0 Å². The van der Waals surface area contributed by atoms with Crippen molar-refractivity contribution >= 4 is 11.9 Å². The lowest BCUT2D eigenvalue weighted by Gasteiger charge is -2.14. The molecule has 0 aliphatic carbocycles. The number of rotatable bonds is 6. The minimum Gasteiger partial charge on any atom is -0.482 e. The lowest BCUT2D eigenvalue weighted by molar-refractivity contribution is -0.156. The molecule has 1 aromatic rings. The van der Waals surface area contributed by atoms with Crippen LogP contribution < -0.4 is 10.1 Å². The number of carbonyl (C=O) groups excluding carboxylic acids is 2. The van der Waals surface area contributed by atoms with Crippen molar-refractivity contribution in [1.82, 2.24) is 5.32 Å². The molecule has 0 saturated heterocycles. The standard InChI is InChI=1S/C15H21NO4/c1-5-16-15(18)12(4)20-14(17)9-19-13-8-6-7-10(2)11(13)3/h6-8,12H,5,9H2,1-4H3,(H,16,18)/t12-/m0/s1. The maximum atomic E-state index is 11.6. The van der Waals surface area contributed by atoms with E-state index >= 15 is 0 Å². The van der Waals surface area contributed by atoms with Crippen LogP contribution in [0.4, 0.5) is 0 Å². The molecule has 5 heteroatoms. The lowest BCUT2D eigenvalue weighted by atomic mass is 10.1. The largest absolute Gasteiger partial charge is 0.482 e. The molecule has 1 rings (SSSR count). The third kappa shape index (κ3) is 4.57. The van der Waals surface area contributed by atoms with E-state index in [0.29, 0.717) is 12.3 Å². The average Bonchev–Trinajstić information content (AvgIpc) is 2.40. The summed E-state index contributed by atoms with van der Waals surface area (Å²) in [5.41, 5.74) is 2.07. The van der Waals surface area contributed by atoms with Crippen LogP contribution in [0.25, 0.3) is 0 Å². The quantitative estimate of drug-likeness (QED) is 0.806. The number of amides is 1. The molecule has 0 aromatic heterocycles. The summed E-state index contributed by atoms with van der Waals surface area (Å²) in [6, 6.07) is 5.63. The Balaban J connectivity index is 2.47. The van der Waals surface area contributed by atoms with Crippen LogP contribution >= 0.6 is 0 Å². The highest BCUT2D eigenvalue weighted by atomic mass is 16.6. The Labute approximate surface area is 119 Å². The van der Waals surface area contributed by atoms with Gasteiger partial charge in [0.2, 0.25) is 0 Å². The highest BCUT2D eigenvalue weighted by Crippen LogP contribution is 2.20. The van der Waals surface area contributed by atoms with Gasteiger partial charge in [0, 0.05) is 6.54 Å². The first-order chi connectivity index (χ1) is 9.45. The summed E-state index contributed by atoms with van der Waals surface area (Å²) in [5, 5.41) is 2.58. The van der Waals surface area contributed by atoms with Crippen LogP contribution in [-0.2, 0) is 14.3 Å². The van der Waals surface area contributed by atoms with Crippen molar-refractivity contribution in [3.05, 3.63) is 29.3 Å². The molecule has 0 unspecified atom stereocenters. The minimum absolute atomic E-state index is 0.214. The van der Waals surface area contributed by atoms with Gasteiger partial charge in [-0.3, -0.25) is 4.79 Å². The fourth-order valence-corrected chi connectivity index (χ4v) is 1.62. The molecule has 0 radical (unpaired) electrons. The molecule has 0 heterocycles. The highest BCUT2D eigenvalue weighted by Gasteiger charge is 2.17. The third-order valence-electron chi connectivity index (χ3n) is 2.93. The summed E-state index contributed by atoms with van der Waals surface area (Å²) in [6.07, 6.45) is -0.815. The van der Waals surface area contributed by atoms with Gasteiger partial charge >= 0.3 is 5.97 Å². The Morgan fingerprint density at radius 2 is 2.00 bits per heavy atom. The SMILES string of the molecule is CCNC(=O)[C@H](C)OC(=O)COc1cccc(C)c1C. The molecule has 0 aliphatic rings. The van der Waals surface area contributed by atoms with Gasteiger partial charge in [0.05, 0.1) is 0 Å². The first kappa shape index (κ1) is 16.0. The molecule has 1 amide bonds. The van der Waals surface area contributed by atoms with Gasteiger partial charge in [-0.15, -0.1) is 0 Å². The Hall–Kier alpha value is -2.04. The van der Waals surface area contributed by atoms with Crippen LogP contribution in [0.1, 0.15) is 25.0 Å². The van der Waals surface area contributed by atoms with Gasteiger partial charge in [0.1, 0.15) is 5.75 Å². The smallest absolute Gasteiger partial charge is 0.344 e. The minimum atomic E-state index is -0.815. The number of hydrogen-bond acceptors (Lipinski definition) is 4. The Kier molecular flexibility index (Phi) is 6.03. The fourth-order valence-electron chi connectivity index (χ4n) is 1.62. The number of aryl methyl sites for hydroxylation is 1. The van der Waals surface area contributed by atoms with Crippen molar-refractivity contribution in [1.29, 1.82) is 0 Å². The molecule has 110 valence electrons. The second kappa shape index (κ2) is 7.53. The summed E-state index contributed by atoms with van der Waals surface area (Å²) in [4.78, 5) is 23.0. The molecule has 0 aliphatic heterocycles. The number of nitrogens with one attached hydrogen (secondary N) is 1. The first-order valence-corrected chi connectivity index (χ1v) is 6.62. The predicted molar refractivity (Wildman–Crippen MR) is 75.6 cm³/mol. The van der Waals surface area contributed by atoms with Crippen LogP contribution in [0.5, 0.6) is 5.75 Å². The maximum absolute atomic E-state index is 11.6. The van der Waals surface area contributed by atoms with E-state index in [1.807, 2.05) is 26.0 Å². The molecule has 20 heavy (non-hydrogen) atoms. The molecule has 5 nitrogen and oxygen atoms in total. The van der Waals surface area contributed by atoms with Gasteiger partial charge in [-0.1, -0.05) is 12.1 Å². The zero-order valence-corrected chi connectivity index (χ0v) is 12.4. The first-order valence-electron chi connectivity index (χ1n) is 6.62. The fraction of sp³-hybridized carbons (Fsp3) is 0.467. The molecule has 1 N–H and O–H groups in total. The van der Waals surface area contributed by atoms with Crippen molar-refractivity contribution < 1.29 is 19.1 Å². The number of esters is 1. The number of ether oxygens (including phenoxy) is 2. The van der Waals surface area contributed by atoms with Gasteiger partial charge in [-0.05, 0) is 44.9 Å². The summed E-state index contributed by atoms with van der Waals surface area (Å²) >= 11 is 0. The topological polar surface area (TPSA) is 64.6 Å². The monoisotopic (exact) mass is 279 g/mol. The van der Waals surface area contributed by atoms with Crippen molar-refractivity contribution in [2.24, 2.45) is 0 Å². The molecule has 0 bridgehead atoms. The number of benzene rings is 1. The van der Waals surface area contributed by atoms with E-state index in [4.69, 9.17) is 9.47 Å². The van der Waals surface area contributed by atoms with Gasteiger partial charge < -0.3 is 14.8 Å². The molecular weight excluding hydrogens is 258 g/mol. The number of hydrogen-bond donors (Lipinski definition) is 1. The second-order valence-electron chi connectivity index (χ2n) is 4.51. The molecule has 1 atom stereocenters. The van der Waals surface area contributed by atoms with Crippen molar-refractivity contribution in [3.63, 3.8) is 0 Å². The molecule has 0 fully saturated rings. The average molecular weight is 279 g/mol. The normalized spacial score (nSPS) is 11.6. The summed E-state index contributed by atoms with van der Waals surface area (Å²) in [6.45, 7) is 7.51. The van der Waals surface area contributed by atoms with Gasteiger partial charge in [-0.25, -0.2) is 4.79 Å². The van der Waals surface area contributed by atoms with Gasteiger partial charge in [0.15, 0.2) is 12.7 Å². The zero-order valence-electron chi connectivity index (χ0n) is 12.4. The van der Waals surface area contributed by atoms with Gasteiger partial charge in [0.25, 0.3) is 5.91 Å². The van der Waals surface area contributed by atoms with Crippen LogP contribution in [-0.4, -0.2) is 31.1 Å². The van der Waals surface area contributed by atoms with Crippen LogP contribution in [0.2, 0.25) is 0 Å². The van der Waals surface area contributed by atoms with E-state index < -0.39 is 12.1 Å². The van der Waals surface area contributed by atoms with E-state index in [1.54, 1.807) is 13.0 Å². The van der Waals surface area contributed by atoms with Crippen molar-refractivity contribution in [2.75, 3.05) is 13.2 Å². The predicted octanol–water partition coefficient (Wildman–Crippen LogP) is 1.75. The van der Waals surface area contributed by atoms with Crippen molar-refractivity contribution in [2.45, 2.75) is 33.8 Å². The Morgan fingerprint density at radius 3 is 2.65 bits per heavy atom. The summed E-state index contributed by atoms with van der Waals surface area (Å²) in [7, 11) is 0. The van der Waals surface area contributed by atoms with Crippen LogP contribution in [0, 0.1) is 13.8 Å². The third-order valence-corrected chi connectivity index (χ3v) is 2.93. The van der Waals surface area contributed by atoms with E-state index in [-0.39, 0.29) is 12.5 Å². The summed E-state index contributed by atoms with van der Waals surface area (Å²) < 4.78 is 10.4. The zero-order chi connectivity index (χ0) is 15.1. The van der Waals surface area contributed by atoms with E-state index in [9.17, 15) is 9.59 Å². The maximum Gasteiger partial charge on any atom is 0.344 e. The van der Waals surface area contributed by atoms with Crippen LogP contribution in [0.15, 0.2) is 18.2 Å². The number of likely N-dealkylation sites (N-methyl/N-ethyl adjacent to an activating group) is 1.